The third-order valence-electron chi connectivity index (χ3n) is 3.10. The minimum atomic E-state index is 0.312. The molecule has 1 rings (SSSR count). The van der Waals surface area contributed by atoms with Gasteiger partial charge < -0.3 is 10.1 Å². The molecule has 0 fully saturated rings. The highest BCUT2D eigenvalue weighted by atomic mass is 79.9. The minimum absolute atomic E-state index is 0.312. The molecule has 0 amide bonds. The zero-order valence-corrected chi connectivity index (χ0v) is 16.2. The number of thioether (sulfide) groups is 1. The van der Waals surface area contributed by atoms with E-state index < -0.39 is 0 Å². The Morgan fingerprint density at radius 1 is 1.33 bits per heavy atom. The van der Waals surface area contributed by atoms with Gasteiger partial charge in [-0.15, -0.1) is 0 Å². The Morgan fingerprint density at radius 3 is 2.57 bits per heavy atom. The summed E-state index contributed by atoms with van der Waals surface area (Å²) in [6.07, 6.45) is 2.22. The van der Waals surface area contributed by atoms with Crippen molar-refractivity contribution in [3.8, 4) is 5.75 Å². The first-order valence-corrected chi connectivity index (χ1v) is 9.33. The lowest BCUT2D eigenvalue weighted by Gasteiger charge is -2.24. The van der Waals surface area contributed by atoms with Crippen molar-refractivity contribution in [3.05, 3.63) is 28.2 Å². The highest BCUT2D eigenvalue weighted by molar-refractivity contribution is 9.10. The molecule has 0 spiro atoms. The van der Waals surface area contributed by atoms with E-state index in [1.54, 1.807) is 7.11 Å². The molecule has 0 aliphatic rings. The van der Waals surface area contributed by atoms with Gasteiger partial charge in [-0.1, -0.05) is 33.8 Å². The molecular formula is C17H28BrNOS. The van der Waals surface area contributed by atoms with Crippen LogP contribution in [0.4, 0.5) is 0 Å². The van der Waals surface area contributed by atoms with Crippen LogP contribution >= 0.6 is 27.7 Å². The lowest BCUT2D eigenvalue weighted by Crippen LogP contribution is -2.35. The summed E-state index contributed by atoms with van der Waals surface area (Å²) in [4.78, 5) is 0. The molecular weight excluding hydrogens is 346 g/mol. The molecule has 1 aromatic rings. The number of nitrogens with one attached hydrogen (secondary N) is 1. The van der Waals surface area contributed by atoms with Gasteiger partial charge >= 0.3 is 0 Å². The third-order valence-corrected chi connectivity index (χ3v) is 5.15. The Balaban J connectivity index is 2.68. The van der Waals surface area contributed by atoms with Crippen LogP contribution in [0.15, 0.2) is 22.7 Å². The van der Waals surface area contributed by atoms with E-state index in [4.69, 9.17) is 4.74 Å². The predicted octanol–water partition coefficient (Wildman–Crippen LogP) is 4.90. The quantitative estimate of drug-likeness (QED) is 0.699. The van der Waals surface area contributed by atoms with Gasteiger partial charge in [0.05, 0.1) is 11.6 Å². The molecule has 0 saturated carbocycles. The summed E-state index contributed by atoms with van der Waals surface area (Å²) in [6.45, 7) is 10.1. The molecule has 120 valence electrons. The molecule has 0 bridgehead atoms. The summed E-state index contributed by atoms with van der Waals surface area (Å²) < 4.78 is 6.64. The lowest BCUT2D eigenvalue weighted by molar-refractivity contribution is 0.412. The summed E-state index contributed by atoms with van der Waals surface area (Å²) >= 11 is 5.59. The van der Waals surface area contributed by atoms with Gasteiger partial charge in [0.15, 0.2) is 0 Å². The summed E-state index contributed by atoms with van der Waals surface area (Å²) in [6, 6.07) is 6.87. The van der Waals surface area contributed by atoms with Crippen LogP contribution in [0.5, 0.6) is 5.75 Å². The van der Waals surface area contributed by atoms with Crippen molar-refractivity contribution in [3.63, 3.8) is 0 Å². The lowest BCUT2D eigenvalue weighted by atomic mass is 10.1. The summed E-state index contributed by atoms with van der Waals surface area (Å²) in [5, 5.41) is 3.67. The predicted molar refractivity (Wildman–Crippen MR) is 98.7 cm³/mol. The fraction of sp³-hybridized carbons (Fsp3) is 0.647. The molecule has 0 aromatic heterocycles. The first-order chi connectivity index (χ1) is 9.85. The number of ether oxygens (including phenoxy) is 1. The molecule has 1 atom stereocenters. The van der Waals surface area contributed by atoms with Gasteiger partial charge in [-0.3, -0.25) is 0 Å². The number of benzene rings is 1. The summed E-state index contributed by atoms with van der Waals surface area (Å²) in [5.41, 5.74) is 1.34. The molecule has 0 aliphatic carbocycles. The molecule has 0 heterocycles. The smallest absolute Gasteiger partial charge is 0.133 e. The first-order valence-electron chi connectivity index (χ1n) is 7.55. The van der Waals surface area contributed by atoms with Gasteiger partial charge in [-0.2, -0.15) is 11.8 Å². The number of methoxy groups -OCH3 is 1. The van der Waals surface area contributed by atoms with Crippen LogP contribution in [0.3, 0.4) is 0 Å². The SMILES string of the molecule is CCCNC(CSC(C)(C)C)Cc1ccc(OC)c(Br)c1. The maximum Gasteiger partial charge on any atom is 0.133 e. The standard InChI is InChI=1S/C17H28BrNOS/c1-6-9-19-14(12-21-17(2,3)4)10-13-7-8-16(20-5)15(18)11-13/h7-8,11,14,19H,6,9-10,12H2,1-5H3. The number of hydrogen-bond acceptors (Lipinski definition) is 3. The maximum absolute atomic E-state index is 5.30. The van der Waals surface area contributed by atoms with Crippen molar-refractivity contribution in [2.75, 3.05) is 19.4 Å². The van der Waals surface area contributed by atoms with E-state index in [9.17, 15) is 0 Å². The number of hydrogen-bond donors (Lipinski definition) is 1. The van der Waals surface area contributed by atoms with Crippen molar-refractivity contribution in [2.24, 2.45) is 0 Å². The van der Waals surface area contributed by atoms with Gasteiger partial charge in [0.25, 0.3) is 0 Å². The Labute approximate surface area is 142 Å². The fourth-order valence-corrected chi connectivity index (χ4v) is 3.54. The zero-order valence-electron chi connectivity index (χ0n) is 13.8. The largest absolute Gasteiger partial charge is 0.496 e. The monoisotopic (exact) mass is 373 g/mol. The van der Waals surface area contributed by atoms with Crippen LogP contribution in [0, 0.1) is 0 Å². The second-order valence-corrected chi connectivity index (χ2v) is 8.95. The van der Waals surface area contributed by atoms with Crippen molar-refractivity contribution < 1.29 is 4.74 Å². The van der Waals surface area contributed by atoms with Crippen LogP contribution in [0.1, 0.15) is 39.7 Å². The van der Waals surface area contributed by atoms with Gasteiger partial charge in [0.2, 0.25) is 0 Å². The third kappa shape index (κ3) is 7.57. The van der Waals surface area contributed by atoms with Crippen molar-refractivity contribution in [1.29, 1.82) is 0 Å². The second-order valence-electron chi connectivity index (χ2n) is 6.25. The van der Waals surface area contributed by atoms with Gasteiger partial charge in [-0.25, -0.2) is 0 Å². The van der Waals surface area contributed by atoms with E-state index in [0.717, 1.165) is 28.9 Å². The van der Waals surface area contributed by atoms with Crippen LogP contribution in [0.2, 0.25) is 0 Å². The summed E-state index contributed by atoms with van der Waals surface area (Å²) in [7, 11) is 1.70. The van der Waals surface area contributed by atoms with Gasteiger partial charge in [0.1, 0.15) is 5.75 Å². The molecule has 0 radical (unpaired) electrons. The van der Waals surface area contributed by atoms with Gasteiger partial charge in [-0.05, 0) is 53.0 Å². The van der Waals surface area contributed by atoms with Crippen LogP contribution in [-0.4, -0.2) is 30.2 Å². The number of rotatable bonds is 8. The van der Waals surface area contributed by atoms with E-state index in [2.05, 4.69) is 61.1 Å². The van der Waals surface area contributed by atoms with Crippen molar-refractivity contribution in [2.45, 2.75) is 51.3 Å². The first kappa shape index (κ1) is 18.9. The number of halogens is 1. The maximum atomic E-state index is 5.30. The van der Waals surface area contributed by atoms with Gasteiger partial charge in [0, 0.05) is 16.5 Å². The van der Waals surface area contributed by atoms with Crippen molar-refractivity contribution >= 4 is 27.7 Å². The van der Waals surface area contributed by atoms with Crippen LogP contribution in [-0.2, 0) is 6.42 Å². The van der Waals surface area contributed by atoms with E-state index in [0.29, 0.717) is 10.8 Å². The fourth-order valence-electron chi connectivity index (χ4n) is 2.01. The van der Waals surface area contributed by atoms with Crippen molar-refractivity contribution in [1.82, 2.24) is 5.32 Å². The molecule has 0 aliphatic heterocycles. The average molecular weight is 374 g/mol. The highest BCUT2D eigenvalue weighted by Crippen LogP contribution is 2.27. The normalized spacial score (nSPS) is 13.2. The van der Waals surface area contributed by atoms with Crippen LogP contribution in [0.25, 0.3) is 0 Å². The highest BCUT2D eigenvalue weighted by Gasteiger charge is 2.16. The van der Waals surface area contributed by atoms with E-state index in [-0.39, 0.29) is 0 Å². The van der Waals surface area contributed by atoms with E-state index in [1.807, 2.05) is 17.8 Å². The second kappa shape index (κ2) is 9.06. The molecule has 2 nitrogen and oxygen atoms in total. The van der Waals surface area contributed by atoms with E-state index in [1.165, 1.54) is 12.0 Å². The molecule has 21 heavy (non-hydrogen) atoms. The Morgan fingerprint density at radius 2 is 2.05 bits per heavy atom. The Kier molecular flexibility index (Phi) is 8.14. The molecule has 1 unspecified atom stereocenters. The molecule has 1 N–H and O–H groups in total. The van der Waals surface area contributed by atoms with Crippen LogP contribution < -0.4 is 10.1 Å². The average Bonchev–Trinajstić information content (AvgIpc) is 2.41. The Bertz CT molecular complexity index is 431. The molecule has 4 heteroatoms. The zero-order chi connectivity index (χ0) is 15.9. The molecule has 1 aromatic carbocycles. The Hall–Kier alpha value is -0.190. The molecule has 0 saturated heterocycles. The topological polar surface area (TPSA) is 21.3 Å². The van der Waals surface area contributed by atoms with E-state index >= 15 is 0 Å². The summed E-state index contributed by atoms with van der Waals surface area (Å²) in [5.74, 6) is 2.02. The minimum Gasteiger partial charge on any atom is -0.496 e.